The van der Waals surface area contributed by atoms with E-state index in [2.05, 4.69) is 10.5 Å². The van der Waals surface area contributed by atoms with Crippen molar-refractivity contribution in [2.45, 2.75) is 46.5 Å². The maximum Gasteiger partial charge on any atom is 0.317 e. The average molecular weight is 536 g/mol. The van der Waals surface area contributed by atoms with Gasteiger partial charge in [0.25, 0.3) is 0 Å². The lowest BCUT2D eigenvalue weighted by atomic mass is 9.71. The Labute approximate surface area is 233 Å². The minimum absolute atomic E-state index is 0.0556. The molecule has 3 aromatic carbocycles. The van der Waals surface area contributed by atoms with E-state index in [1.165, 1.54) is 7.11 Å². The zero-order valence-corrected chi connectivity index (χ0v) is 23.4. The van der Waals surface area contributed by atoms with Gasteiger partial charge >= 0.3 is 5.97 Å². The first-order valence-electron chi connectivity index (χ1n) is 13.5. The molecule has 1 heterocycles. The molecular formula is C33H33N3O4. The third-order valence-electron chi connectivity index (χ3n) is 7.73. The second-order valence-electron chi connectivity index (χ2n) is 10.4. The van der Waals surface area contributed by atoms with E-state index in [1.54, 1.807) is 0 Å². The second-order valence-corrected chi connectivity index (χ2v) is 10.4. The molecule has 0 fully saturated rings. The average Bonchev–Trinajstić information content (AvgIpc) is 2.93. The Kier molecular flexibility index (Phi) is 7.39. The predicted octanol–water partition coefficient (Wildman–Crippen LogP) is 6.85. The molecule has 1 aliphatic carbocycles. The number of rotatable bonds is 6. The standard InChI is InChI=1S/C33H33N3O4/c1-6-25(35-36-32-23-13-8-7-11-21(23)22-12-9-10-14-26(22)34-32)30-27(37)17-24(29(31(30)38)33(39)40-5)28-19(3)15-18(2)16-20(28)4/h7-16,24,29,38H,6,17H2,1-5H3,(H,34,36)/b35-25-. The van der Waals surface area contributed by atoms with Gasteiger partial charge in [-0.15, -0.1) is 0 Å². The van der Waals surface area contributed by atoms with Crippen LogP contribution >= 0.6 is 0 Å². The largest absolute Gasteiger partial charge is 0.511 e. The van der Waals surface area contributed by atoms with E-state index in [0.29, 0.717) is 18.0 Å². The van der Waals surface area contributed by atoms with Crippen molar-refractivity contribution in [3.63, 3.8) is 0 Å². The molecule has 2 N–H and O–H groups in total. The van der Waals surface area contributed by atoms with Crippen LogP contribution in [-0.4, -0.2) is 34.7 Å². The molecule has 204 valence electrons. The number of fused-ring (bicyclic) bond motifs is 3. The van der Waals surface area contributed by atoms with Gasteiger partial charge in [-0.25, -0.2) is 4.98 Å². The Hall–Kier alpha value is -4.52. The van der Waals surface area contributed by atoms with E-state index in [4.69, 9.17) is 9.72 Å². The number of benzene rings is 3. The van der Waals surface area contributed by atoms with E-state index >= 15 is 0 Å². The van der Waals surface area contributed by atoms with Crippen molar-refractivity contribution in [2.75, 3.05) is 12.5 Å². The van der Waals surface area contributed by atoms with Crippen molar-refractivity contribution in [2.24, 2.45) is 11.0 Å². The Bertz CT molecular complexity index is 1700. The maximum atomic E-state index is 13.6. The van der Waals surface area contributed by atoms with Crippen LogP contribution in [0, 0.1) is 26.7 Å². The number of aliphatic hydroxyl groups is 1. The zero-order valence-electron chi connectivity index (χ0n) is 23.4. The summed E-state index contributed by atoms with van der Waals surface area (Å²) in [5.74, 6) is -2.17. The lowest BCUT2D eigenvalue weighted by Gasteiger charge is -2.32. The number of anilines is 1. The third kappa shape index (κ3) is 4.72. The normalized spacial score (nSPS) is 17.9. The van der Waals surface area contributed by atoms with E-state index in [1.807, 2.05) is 88.4 Å². The Morgan fingerprint density at radius 3 is 2.30 bits per heavy atom. The summed E-state index contributed by atoms with van der Waals surface area (Å²) in [6.07, 6.45) is 0.408. The summed E-state index contributed by atoms with van der Waals surface area (Å²) in [5, 5.41) is 19.0. The highest BCUT2D eigenvalue weighted by Crippen LogP contribution is 2.43. The molecule has 1 aliphatic rings. The van der Waals surface area contributed by atoms with Gasteiger partial charge in [-0.2, -0.15) is 5.10 Å². The van der Waals surface area contributed by atoms with Crippen molar-refractivity contribution in [3.05, 3.63) is 94.2 Å². The highest BCUT2D eigenvalue weighted by Gasteiger charge is 2.44. The number of aliphatic hydroxyl groups excluding tert-OH is 1. The monoisotopic (exact) mass is 535 g/mol. The number of nitrogens with one attached hydrogen (secondary N) is 1. The number of esters is 1. The van der Waals surface area contributed by atoms with Crippen molar-refractivity contribution in [3.8, 4) is 0 Å². The summed E-state index contributed by atoms with van der Waals surface area (Å²) >= 11 is 0. The molecule has 5 rings (SSSR count). The quantitative estimate of drug-likeness (QED) is 0.121. The number of para-hydroxylation sites is 1. The molecule has 0 radical (unpaired) electrons. The number of hydrogen-bond acceptors (Lipinski definition) is 7. The molecule has 1 aromatic heterocycles. The summed E-state index contributed by atoms with van der Waals surface area (Å²) in [5.41, 5.74) is 8.21. The lowest BCUT2D eigenvalue weighted by molar-refractivity contribution is -0.146. The van der Waals surface area contributed by atoms with E-state index in [0.717, 1.165) is 43.9 Å². The van der Waals surface area contributed by atoms with Crippen LogP contribution in [0.4, 0.5) is 5.82 Å². The Morgan fingerprint density at radius 2 is 1.65 bits per heavy atom. The third-order valence-corrected chi connectivity index (χ3v) is 7.73. The van der Waals surface area contributed by atoms with Gasteiger partial charge in [0.15, 0.2) is 11.6 Å². The number of carbonyl (C=O) groups excluding carboxylic acids is 2. The van der Waals surface area contributed by atoms with Crippen LogP contribution in [0.1, 0.15) is 47.9 Å². The van der Waals surface area contributed by atoms with Gasteiger partial charge in [0.2, 0.25) is 0 Å². The van der Waals surface area contributed by atoms with Crippen LogP contribution in [0.3, 0.4) is 0 Å². The number of hydrogen-bond donors (Lipinski definition) is 2. The van der Waals surface area contributed by atoms with Gasteiger partial charge in [0, 0.05) is 23.1 Å². The minimum Gasteiger partial charge on any atom is -0.511 e. The number of allylic oxidation sites excluding steroid dienone is 1. The smallest absolute Gasteiger partial charge is 0.317 e. The van der Waals surface area contributed by atoms with Crippen molar-refractivity contribution in [1.82, 2.24) is 4.98 Å². The molecule has 7 nitrogen and oxygen atoms in total. The molecule has 2 unspecified atom stereocenters. The van der Waals surface area contributed by atoms with Crippen molar-refractivity contribution in [1.29, 1.82) is 0 Å². The highest BCUT2D eigenvalue weighted by molar-refractivity contribution is 6.24. The van der Waals surface area contributed by atoms with Gasteiger partial charge in [0.1, 0.15) is 11.7 Å². The Balaban J connectivity index is 1.60. The van der Waals surface area contributed by atoms with Crippen LogP contribution in [0.25, 0.3) is 21.7 Å². The lowest BCUT2D eigenvalue weighted by Crippen LogP contribution is -2.36. The first kappa shape index (κ1) is 27.1. The van der Waals surface area contributed by atoms with Gasteiger partial charge in [0.05, 0.1) is 23.9 Å². The first-order valence-corrected chi connectivity index (χ1v) is 13.5. The summed E-state index contributed by atoms with van der Waals surface area (Å²) in [7, 11) is 1.30. The summed E-state index contributed by atoms with van der Waals surface area (Å²) in [6.45, 7) is 7.80. The van der Waals surface area contributed by atoms with Crippen LogP contribution in [0.15, 0.2) is 77.1 Å². The van der Waals surface area contributed by atoms with Gasteiger partial charge < -0.3 is 9.84 Å². The van der Waals surface area contributed by atoms with Crippen LogP contribution in [0.5, 0.6) is 0 Å². The minimum atomic E-state index is -1.02. The molecule has 0 aliphatic heterocycles. The molecule has 0 saturated carbocycles. The first-order chi connectivity index (χ1) is 19.2. The number of Topliss-reactive ketones (excluding diaryl/α,β-unsaturated/α-hetero) is 1. The molecule has 0 amide bonds. The number of aryl methyl sites for hydroxylation is 3. The molecule has 0 saturated heterocycles. The van der Waals surface area contributed by atoms with Crippen molar-refractivity contribution >= 4 is 45.0 Å². The molecular weight excluding hydrogens is 502 g/mol. The van der Waals surface area contributed by atoms with Gasteiger partial charge in [-0.3, -0.25) is 15.0 Å². The van der Waals surface area contributed by atoms with E-state index < -0.39 is 17.8 Å². The fraction of sp³-hybridized carbons (Fsp3) is 0.273. The van der Waals surface area contributed by atoms with Gasteiger partial charge in [-0.05, 0) is 55.3 Å². The fourth-order valence-corrected chi connectivity index (χ4v) is 6.09. The van der Waals surface area contributed by atoms with Crippen LogP contribution in [0.2, 0.25) is 0 Å². The predicted molar refractivity (Wildman–Crippen MR) is 159 cm³/mol. The molecule has 2 atom stereocenters. The highest BCUT2D eigenvalue weighted by atomic mass is 16.5. The fourth-order valence-electron chi connectivity index (χ4n) is 6.09. The number of carbonyl (C=O) groups is 2. The number of nitrogens with zero attached hydrogens (tertiary/aromatic N) is 2. The summed E-state index contributed by atoms with van der Waals surface area (Å²) in [4.78, 5) is 31.5. The van der Waals surface area contributed by atoms with Crippen LogP contribution in [-0.2, 0) is 14.3 Å². The van der Waals surface area contributed by atoms with E-state index in [9.17, 15) is 14.7 Å². The number of ketones is 1. The Morgan fingerprint density at radius 1 is 1.02 bits per heavy atom. The SMILES string of the molecule is CC/C(=N/Nc1nc2ccccc2c2ccccc12)C1=C(O)C(C(=O)OC)C(c2c(C)cc(C)cc2C)CC1=O. The molecule has 0 spiro atoms. The zero-order chi connectivity index (χ0) is 28.6. The number of aromatic nitrogens is 1. The van der Waals surface area contributed by atoms with Gasteiger partial charge in [-0.1, -0.05) is 67.1 Å². The summed E-state index contributed by atoms with van der Waals surface area (Å²) in [6, 6.07) is 19.8. The van der Waals surface area contributed by atoms with Crippen molar-refractivity contribution < 1.29 is 19.4 Å². The molecule has 4 aromatic rings. The number of pyridine rings is 1. The molecule has 7 heteroatoms. The summed E-state index contributed by atoms with van der Waals surface area (Å²) < 4.78 is 5.12. The maximum absolute atomic E-state index is 13.6. The van der Waals surface area contributed by atoms with Crippen LogP contribution < -0.4 is 5.43 Å². The number of methoxy groups -OCH3 is 1. The topological polar surface area (TPSA) is 101 Å². The number of hydrazone groups is 1. The number of ether oxygens (including phenoxy) is 1. The molecule has 40 heavy (non-hydrogen) atoms. The molecule has 0 bridgehead atoms. The second kappa shape index (κ2) is 10.9. The van der Waals surface area contributed by atoms with E-state index in [-0.39, 0.29) is 23.5 Å².